The third kappa shape index (κ3) is 1.88. The maximum absolute atomic E-state index is 12.3. The van der Waals surface area contributed by atoms with E-state index in [0.717, 1.165) is 27.9 Å². The first-order chi connectivity index (χ1) is 9.31. The lowest BCUT2D eigenvalue weighted by Gasteiger charge is -2.06. The van der Waals surface area contributed by atoms with E-state index in [-0.39, 0.29) is 5.78 Å². The summed E-state index contributed by atoms with van der Waals surface area (Å²) in [5, 5.41) is 11.7. The molecule has 0 atom stereocenters. The van der Waals surface area contributed by atoms with Gasteiger partial charge in [0.05, 0.1) is 12.5 Å². The Balaban J connectivity index is 1.97. The second-order valence-corrected chi connectivity index (χ2v) is 4.47. The van der Waals surface area contributed by atoms with Crippen LogP contribution in [0.15, 0.2) is 42.5 Å². The molecule has 0 fully saturated rings. The monoisotopic (exact) mass is 248 g/mol. The van der Waals surface area contributed by atoms with E-state index in [4.69, 9.17) is 5.26 Å². The molecule has 0 spiro atoms. The largest absolute Gasteiger partial charge is 0.384 e. The quantitative estimate of drug-likeness (QED) is 0.724. The summed E-state index contributed by atoms with van der Waals surface area (Å²) in [6, 6.07) is 15.5. The lowest BCUT2D eigenvalue weighted by Crippen LogP contribution is -2.02. The molecular formula is C16H12N2O. The van der Waals surface area contributed by atoms with Gasteiger partial charge in [0.25, 0.3) is 0 Å². The van der Waals surface area contributed by atoms with Crippen molar-refractivity contribution in [2.24, 2.45) is 0 Å². The van der Waals surface area contributed by atoms with Crippen LogP contribution < -0.4 is 5.32 Å². The van der Waals surface area contributed by atoms with E-state index in [1.165, 1.54) is 0 Å². The van der Waals surface area contributed by atoms with Crippen molar-refractivity contribution in [2.45, 2.75) is 6.42 Å². The minimum Gasteiger partial charge on any atom is -0.384 e. The molecule has 19 heavy (non-hydrogen) atoms. The average Bonchev–Trinajstić information content (AvgIpc) is 2.73. The van der Waals surface area contributed by atoms with Crippen molar-refractivity contribution in [3.63, 3.8) is 0 Å². The SMILES string of the molecule is N#CCCNc1ccc2c(c1)C(=O)c1ccccc1-2. The van der Waals surface area contributed by atoms with Crippen LogP contribution in [-0.4, -0.2) is 12.3 Å². The van der Waals surface area contributed by atoms with E-state index in [1.54, 1.807) is 0 Å². The topological polar surface area (TPSA) is 52.9 Å². The lowest BCUT2D eigenvalue weighted by atomic mass is 10.1. The Hall–Kier alpha value is -2.60. The average molecular weight is 248 g/mol. The molecule has 0 bridgehead atoms. The first-order valence-corrected chi connectivity index (χ1v) is 6.20. The number of hydrogen-bond donors (Lipinski definition) is 1. The highest BCUT2D eigenvalue weighted by Gasteiger charge is 2.25. The van der Waals surface area contributed by atoms with Gasteiger partial charge in [0.2, 0.25) is 0 Å². The summed E-state index contributed by atoms with van der Waals surface area (Å²) in [6.45, 7) is 0.594. The molecule has 1 aliphatic rings. The molecule has 0 saturated carbocycles. The van der Waals surface area contributed by atoms with E-state index < -0.39 is 0 Å². The van der Waals surface area contributed by atoms with Crippen molar-refractivity contribution < 1.29 is 4.79 Å². The minimum atomic E-state index is 0.0783. The summed E-state index contributed by atoms with van der Waals surface area (Å²) in [6.07, 6.45) is 0.450. The second kappa shape index (κ2) is 4.58. The maximum Gasteiger partial charge on any atom is 0.194 e. The van der Waals surface area contributed by atoms with E-state index in [9.17, 15) is 4.79 Å². The van der Waals surface area contributed by atoms with E-state index >= 15 is 0 Å². The molecule has 3 rings (SSSR count). The first kappa shape index (κ1) is 11.5. The first-order valence-electron chi connectivity index (χ1n) is 6.20. The second-order valence-electron chi connectivity index (χ2n) is 4.47. The Kier molecular flexibility index (Phi) is 2.77. The molecule has 0 aromatic heterocycles. The number of hydrogen-bond acceptors (Lipinski definition) is 3. The molecule has 0 amide bonds. The normalized spacial score (nSPS) is 11.6. The van der Waals surface area contributed by atoms with Gasteiger partial charge in [-0.1, -0.05) is 30.3 Å². The third-order valence-electron chi connectivity index (χ3n) is 3.29. The van der Waals surface area contributed by atoms with Gasteiger partial charge in [0.1, 0.15) is 0 Å². The fourth-order valence-corrected chi connectivity index (χ4v) is 2.40. The van der Waals surface area contributed by atoms with Crippen molar-refractivity contribution in [1.29, 1.82) is 5.26 Å². The summed E-state index contributed by atoms with van der Waals surface area (Å²) in [5.41, 5.74) is 4.39. The number of ketones is 1. The van der Waals surface area contributed by atoms with Gasteiger partial charge in [-0.25, -0.2) is 0 Å². The summed E-state index contributed by atoms with van der Waals surface area (Å²) in [5.74, 6) is 0.0783. The molecule has 0 unspecified atom stereocenters. The smallest absolute Gasteiger partial charge is 0.194 e. The predicted octanol–water partition coefficient (Wildman–Crippen LogP) is 3.22. The zero-order chi connectivity index (χ0) is 13.2. The van der Waals surface area contributed by atoms with Crippen LogP contribution in [0.2, 0.25) is 0 Å². The lowest BCUT2D eigenvalue weighted by molar-refractivity contribution is 0.104. The Morgan fingerprint density at radius 3 is 2.53 bits per heavy atom. The number of carbonyl (C=O) groups excluding carboxylic acids is 1. The Bertz CT molecular complexity index is 698. The minimum absolute atomic E-state index is 0.0783. The Labute approximate surface area is 111 Å². The van der Waals surface area contributed by atoms with Gasteiger partial charge < -0.3 is 5.32 Å². The highest BCUT2D eigenvalue weighted by atomic mass is 16.1. The van der Waals surface area contributed by atoms with Crippen molar-refractivity contribution >= 4 is 11.5 Å². The summed E-state index contributed by atoms with van der Waals surface area (Å²) in [4.78, 5) is 12.3. The molecule has 1 N–H and O–H groups in total. The third-order valence-corrected chi connectivity index (χ3v) is 3.29. The summed E-state index contributed by atoms with van der Waals surface area (Å²) in [7, 11) is 0. The fraction of sp³-hybridized carbons (Fsp3) is 0.125. The predicted molar refractivity (Wildman–Crippen MR) is 74.0 cm³/mol. The highest BCUT2D eigenvalue weighted by molar-refractivity contribution is 6.22. The van der Waals surface area contributed by atoms with Crippen LogP contribution >= 0.6 is 0 Å². The van der Waals surface area contributed by atoms with Crippen molar-refractivity contribution in [1.82, 2.24) is 0 Å². The van der Waals surface area contributed by atoms with Crippen LogP contribution in [0.5, 0.6) is 0 Å². The molecule has 0 saturated heterocycles. The zero-order valence-electron chi connectivity index (χ0n) is 10.3. The number of rotatable bonds is 3. The number of nitrogens with one attached hydrogen (secondary N) is 1. The molecule has 1 aliphatic carbocycles. The number of fused-ring (bicyclic) bond motifs is 3. The van der Waals surface area contributed by atoms with Crippen LogP contribution in [0.3, 0.4) is 0 Å². The number of anilines is 1. The van der Waals surface area contributed by atoms with Crippen LogP contribution in [0.4, 0.5) is 5.69 Å². The van der Waals surface area contributed by atoms with Crippen molar-refractivity contribution in [3.05, 3.63) is 53.6 Å². The van der Waals surface area contributed by atoms with Gasteiger partial charge in [0.15, 0.2) is 5.78 Å². The van der Waals surface area contributed by atoms with Gasteiger partial charge in [-0.2, -0.15) is 5.26 Å². The van der Waals surface area contributed by atoms with Crippen molar-refractivity contribution in [3.8, 4) is 17.2 Å². The molecule has 92 valence electrons. The highest BCUT2D eigenvalue weighted by Crippen LogP contribution is 2.37. The van der Waals surface area contributed by atoms with Crippen LogP contribution in [-0.2, 0) is 0 Å². The van der Waals surface area contributed by atoms with E-state index in [2.05, 4.69) is 11.4 Å². The van der Waals surface area contributed by atoms with Gasteiger partial charge >= 0.3 is 0 Å². The zero-order valence-corrected chi connectivity index (χ0v) is 10.3. The standard InChI is InChI=1S/C16H12N2O/c17-8-3-9-18-11-6-7-13-12-4-1-2-5-14(12)16(19)15(13)10-11/h1-2,4-7,10,18H,3,9H2. The van der Waals surface area contributed by atoms with Crippen molar-refractivity contribution in [2.75, 3.05) is 11.9 Å². The number of nitrogens with zero attached hydrogens (tertiary/aromatic N) is 1. The molecule has 3 heteroatoms. The number of carbonyl (C=O) groups is 1. The Morgan fingerprint density at radius 2 is 1.74 bits per heavy atom. The number of benzene rings is 2. The van der Waals surface area contributed by atoms with Gasteiger partial charge in [-0.3, -0.25) is 4.79 Å². The van der Waals surface area contributed by atoms with E-state index in [0.29, 0.717) is 13.0 Å². The molecule has 2 aromatic rings. The fourth-order valence-electron chi connectivity index (χ4n) is 2.40. The molecule has 0 heterocycles. The maximum atomic E-state index is 12.3. The van der Waals surface area contributed by atoms with Gasteiger partial charge in [0, 0.05) is 23.4 Å². The molecule has 3 nitrogen and oxygen atoms in total. The van der Waals surface area contributed by atoms with Gasteiger partial charge in [-0.05, 0) is 23.3 Å². The number of nitriles is 1. The summed E-state index contributed by atoms with van der Waals surface area (Å²) < 4.78 is 0. The van der Waals surface area contributed by atoms with E-state index in [1.807, 2.05) is 42.5 Å². The summed E-state index contributed by atoms with van der Waals surface area (Å²) >= 11 is 0. The Morgan fingerprint density at radius 1 is 1.00 bits per heavy atom. The molecular weight excluding hydrogens is 236 g/mol. The van der Waals surface area contributed by atoms with Crippen LogP contribution in [0.1, 0.15) is 22.3 Å². The van der Waals surface area contributed by atoms with Gasteiger partial charge in [-0.15, -0.1) is 0 Å². The van der Waals surface area contributed by atoms with Crippen LogP contribution in [0, 0.1) is 11.3 Å². The molecule has 0 aliphatic heterocycles. The molecule has 0 radical (unpaired) electrons. The van der Waals surface area contributed by atoms with Crippen LogP contribution in [0.25, 0.3) is 11.1 Å². The molecule has 2 aromatic carbocycles.